The minimum absolute atomic E-state index is 0.598. The molecule has 16 heavy (non-hydrogen) atoms. The SMILES string of the molecule is Cn1nnc2ccc(Cn3ncnn3)cc21. The van der Waals surface area contributed by atoms with E-state index in [-0.39, 0.29) is 0 Å². The molecule has 7 nitrogen and oxygen atoms in total. The van der Waals surface area contributed by atoms with Crippen LogP contribution in [0.1, 0.15) is 5.56 Å². The van der Waals surface area contributed by atoms with E-state index in [0.717, 1.165) is 16.6 Å². The predicted octanol–water partition coefficient (Wildman–Crippen LogP) is 0.00310. The third-order valence-corrected chi connectivity index (χ3v) is 2.39. The van der Waals surface area contributed by atoms with Gasteiger partial charge in [0.25, 0.3) is 0 Å². The quantitative estimate of drug-likeness (QED) is 0.601. The maximum Gasteiger partial charge on any atom is 0.162 e. The van der Waals surface area contributed by atoms with Crippen molar-refractivity contribution in [3.05, 3.63) is 30.1 Å². The Morgan fingerprint density at radius 2 is 2.19 bits per heavy atom. The molecule has 0 unspecified atom stereocenters. The molecule has 0 spiro atoms. The summed E-state index contributed by atoms with van der Waals surface area (Å²) in [4.78, 5) is 1.53. The standard InChI is InChI=1S/C9H9N7/c1-15-9-4-7(2-3-8(9)12-14-15)5-16-11-6-10-13-16/h2-4,6H,5H2,1H3. The van der Waals surface area contributed by atoms with Gasteiger partial charge in [-0.1, -0.05) is 11.3 Å². The second kappa shape index (κ2) is 3.37. The van der Waals surface area contributed by atoms with E-state index in [1.165, 1.54) is 11.1 Å². The molecule has 3 aromatic rings. The van der Waals surface area contributed by atoms with Gasteiger partial charge in [-0.25, -0.2) is 4.68 Å². The van der Waals surface area contributed by atoms with Crippen molar-refractivity contribution in [2.45, 2.75) is 6.54 Å². The summed E-state index contributed by atoms with van der Waals surface area (Å²) in [6, 6.07) is 5.95. The minimum atomic E-state index is 0.598. The summed E-state index contributed by atoms with van der Waals surface area (Å²) in [5.74, 6) is 0. The van der Waals surface area contributed by atoms with Crippen molar-refractivity contribution in [3.63, 3.8) is 0 Å². The van der Waals surface area contributed by atoms with Gasteiger partial charge in [0.1, 0.15) is 5.52 Å². The number of aryl methyl sites for hydroxylation is 1. The average Bonchev–Trinajstić information content (AvgIpc) is 2.90. The molecule has 0 N–H and O–H groups in total. The molecule has 0 radical (unpaired) electrons. The summed E-state index contributed by atoms with van der Waals surface area (Å²) < 4.78 is 1.74. The normalized spacial score (nSPS) is 11.1. The first-order chi connectivity index (χ1) is 7.83. The Balaban J connectivity index is 2.01. The molecule has 0 aliphatic heterocycles. The van der Waals surface area contributed by atoms with Crippen LogP contribution in [-0.2, 0) is 13.6 Å². The summed E-state index contributed by atoms with van der Waals surface area (Å²) >= 11 is 0. The maximum atomic E-state index is 4.02. The number of benzene rings is 1. The van der Waals surface area contributed by atoms with Crippen LogP contribution in [0.5, 0.6) is 0 Å². The van der Waals surface area contributed by atoms with Crippen LogP contribution in [0.4, 0.5) is 0 Å². The van der Waals surface area contributed by atoms with E-state index < -0.39 is 0 Å². The number of hydrogen-bond donors (Lipinski definition) is 0. The van der Waals surface area contributed by atoms with E-state index in [0.29, 0.717) is 6.54 Å². The molecule has 0 atom stereocenters. The van der Waals surface area contributed by atoms with Crippen molar-refractivity contribution in [1.29, 1.82) is 0 Å². The van der Waals surface area contributed by atoms with Gasteiger partial charge in [0.15, 0.2) is 6.33 Å². The summed E-state index contributed by atoms with van der Waals surface area (Å²) in [6.07, 6.45) is 1.42. The van der Waals surface area contributed by atoms with Gasteiger partial charge in [0.2, 0.25) is 0 Å². The van der Waals surface area contributed by atoms with Gasteiger partial charge in [0, 0.05) is 7.05 Å². The Bertz CT molecular complexity index is 610. The van der Waals surface area contributed by atoms with Gasteiger partial charge in [-0.15, -0.1) is 15.3 Å². The third-order valence-electron chi connectivity index (χ3n) is 2.39. The number of tetrazole rings is 1. The highest BCUT2D eigenvalue weighted by molar-refractivity contribution is 5.74. The first kappa shape index (κ1) is 8.96. The van der Waals surface area contributed by atoms with Crippen LogP contribution in [0.3, 0.4) is 0 Å². The molecular formula is C9H9N7. The lowest BCUT2D eigenvalue weighted by atomic mass is 10.2. The lowest BCUT2D eigenvalue weighted by molar-refractivity contribution is 0.572. The Morgan fingerprint density at radius 1 is 1.25 bits per heavy atom. The third kappa shape index (κ3) is 1.42. The average molecular weight is 215 g/mol. The van der Waals surface area contributed by atoms with Crippen molar-refractivity contribution in [2.24, 2.45) is 7.05 Å². The molecular weight excluding hydrogens is 206 g/mol. The van der Waals surface area contributed by atoms with Crippen molar-refractivity contribution < 1.29 is 0 Å². The fourth-order valence-corrected chi connectivity index (χ4v) is 1.60. The lowest BCUT2D eigenvalue weighted by Crippen LogP contribution is -2.04. The smallest absolute Gasteiger partial charge is 0.162 e. The van der Waals surface area contributed by atoms with Gasteiger partial charge in [-0.2, -0.15) is 4.80 Å². The van der Waals surface area contributed by atoms with Crippen LogP contribution in [-0.4, -0.2) is 35.2 Å². The van der Waals surface area contributed by atoms with Crippen molar-refractivity contribution in [2.75, 3.05) is 0 Å². The lowest BCUT2D eigenvalue weighted by Gasteiger charge is -1.99. The largest absolute Gasteiger partial charge is 0.248 e. The Labute approximate surface area is 90.7 Å². The van der Waals surface area contributed by atoms with Crippen LogP contribution in [0, 0.1) is 0 Å². The monoisotopic (exact) mass is 215 g/mol. The van der Waals surface area contributed by atoms with E-state index in [1.807, 2.05) is 25.2 Å². The van der Waals surface area contributed by atoms with Crippen molar-refractivity contribution >= 4 is 11.0 Å². The molecule has 0 bridgehead atoms. The van der Waals surface area contributed by atoms with Gasteiger partial charge in [-0.05, 0) is 22.9 Å². The van der Waals surface area contributed by atoms with E-state index in [4.69, 9.17) is 0 Å². The number of rotatable bonds is 2. The Hall–Kier alpha value is -2.31. The van der Waals surface area contributed by atoms with Crippen LogP contribution in [0.2, 0.25) is 0 Å². The highest BCUT2D eigenvalue weighted by Gasteiger charge is 2.03. The van der Waals surface area contributed by atoms with E-state index in [9.17, 15) is 0 Å². The van der Waals surface area contributed by atoms with Gasteiger partial charge in [0.05, 0.1) is 12.1 Å². The number of fused-ring (bicyclic) bond motifs is 1. The molecule has 0 saturated heterocycles. The zero-order valence-electron chi connectivity index (χ0n) is 8.65. The number of nitrogens with zero attached hydrogens (tertiary/aromatic N) is 7. The molecule has 1 aromatic carbocycles. The summed E-state index contributed by atoms with van der Waals surface area (Å²) in [5.41, 5.74) is 2.98. The fraction of sp³-hybridized carbons (Fsp3) is 0.222. The molecule has 0 aliphatic carbocycles. The molecule has 0 amide bonds. The molecule has 2 heterocycles. The maximum absolute atomic E-state index is 4.02. The second-order valence-corrected chi connectivity index (χ2v) is 3.50. The minimum Gasteiger partial charge on any atom is -0.248 e. The second-order valence-electron chi connectivity index (χ2n) is 3.50. The summed E-state index contributed by atoms with van der Waals surface area (Å²) in [6.45, 7) is 0.598. The van der Waals surface area contributed by atoms with Crippen LogP contribution < -0.4 is 0 Å². The Kier molecular flexibility index (Phi) is 1.89. The van der Waals surface area contributed by atoms with E-state index in [2.05, 4.69) is 25.7 Å². The predicted molar refractivity (Wildman–Crippen MR) is 55.4 cm³/mol. The fourth-order valence-electron chi connectivity index (χ4n) is 1.60. The van der Waals surface area contributed by atoms with Gasteiger partial charge >= 0.3 is 0 Å². The molecule has 7 heteroatoms. The molecule has 80 valence electrons. The highest BCUT2D eigenvalue weighted by atomic mass is 15.6. The summed E-state index contributed by atoms with van der Waals surface area (Å²) in [5, 5.41) is 19.4. The Morgan fingerprint density at radius 3 is 3.00 bits per heavy atom. The van der Waals surface area contributed by atoms with Gasteiger partial charge in [-0.3, -0.25) is 0 Å². The zero-order valence-corrected chi connectivity index (χ0v) is 8.65. The number of hydrogen-bond acceptors (Lipinski definition) is 5. The van der Waals surface area contributed by atoms with Crippen LogP contribution in [0.15, 0.2) is 24.5 Å². The number of aromatic nitrogens is 7. The topological polar surface area (TPSA) is 74.3 Å². The molecule has 2 aromatic heterocycles. The molecule has 0 saturated carbocycles. The molecule has 0 aliphatic rings. The van der Waals surface area contributed by atoms with Crippen molar-refractivity contribution in [1.82, 2.24) is 35.2 Å². The zero-order chi connectivity index (χ0) is 11.0. The molecule has 3 rings (SSSR count). The van der Waals surface area contributed by atoms with Crippen LogP contribution >= 0.6 is 0 Å². The first-order valence-corrected chi connectivity index (χ1v) is 4.82. The first-order valence-electron chi connectivity index (χ1n) is 4.82. The van der Waals surface area contributed by atoms with E-state index >= 15 is 0 Å². The van der Waals surface area contributed by atoms with E-state index in [1.54, 1.807) is 4.68 Å². The molecule has 0 fully saturated rings. The van der Waals surface area contributed by atoms with Crippen molar-refractivity contribution in [3.8, 4) is 0 Å². The van der Waals surface area contributed by atoms with Crippen LogP contribution in [0.25, 0.3) is 11.0 Å². The summed E-state index contributed by atoms with van der Waals surface area (Å²) in [7, 11) is 1.87. The van der Waals surface area contributed by atoms with Gasteiger partial charge < -0.3 is 0 Å². The highest BCUT2D eigenvalue weighted by Crippen LogP contribution is 2.12.